The van der Waals surface area contributed by atoms with Crippen LogP contribution in [0.4, 0.5) is 0 Å². The van der Waals surface area contributed by atoms with Gasteiger partial charge in [0.05, 0.1) is 5.92 Å². The van der Waals surface area contributed by atoms with Gasteiger partial charge in [-0.3, -0.25) is 4.79 Å². The first-order chi connectivity index (χ1) is 6.83. The second-order valence-corrected chi connectivity index (χ2v) is 3.63. The average molecular weight is 188 g/mol. The predicted octanol–water partition coefficient (Wildman–Crippen LogP) is 1.87. The van der Waals surface area contributed by atoms with Crippen LogP contribution in [0.25, 0.3) is 0 Å². The molecule has 0 amide bonds. The lowest BCUT2D eigenvalue weighted by atomic mass is 9.93. The number of ketones is 1. The summed E-state index contributed by atoms with van der Waals surface area (Å²) in [5.74, 6) is -0.460. The van der Waals surface area contributed by atoms with Crippen LogP contribution in [0, 0.1) is 0 Å². The van der Waals surface area contributed by atoms with Crippen LogP contribution in [-0.2, 0) is 16.0 Å². The molecular weight excluding hydrogens is 176 g/mol. The highest BCUT2D eigenvalue weighted by atomic mass is 16.1. The van der Waals surface area contributed by atoms with E-state index in [1.807, 2.05) is 24.3 Å². The molecule has 2 rings (SSSR count). The van der Waals surface area contributed by atoms with Gasteiger partial charge in [0.1, 0.15) is 12.1 Å². The molecule has 0 radical (unpaired) electrons. The van der Waals surface area contributed by atoms with Gasteiger partial charge in [-0.15, -0.1) is 0 Å². The number of fused-ring (bicyclic) bond motifs is 1. The molecule has 0 N–H and O–H groups in total. The van der Waals surface area contributed by atoms with Gasteiger partial charge >= 0.3 is 0 Å². The Morgan fingerprint density at radius 1 is 1.21 bits per heavy atom. The highest BCUT2D eigenvalue weighted by Gasteiger charge is 2.24. The van der Waals surface area contributed by atoms with E-state index in [1.54, 1.807) is 0 Å². The first-order valence-corrected chi connectivity index (χ1v) is 4.88. The molecule has 2 nitrogen and oxygen atoms in total. The van der Waals surface area contributed by atoms with Crippen molar-refractivity contribution in [1.82, 2.24) is 0 Å². The van der Waals surface area contributed by atoms with Gasteiger partial charge in [-0.25, -0.2) is 0 Å². The molecule has 1 aliphatic carbocycles. The van der Waals surface area contributed by atoms with Gasteiger partial charge in [-0.05, 0) is 24.0 Å². The molecule has 0 aliphatic heterocycles. The lowest BCUT2D eigenvalue weighted by Crippen LogP contribution is -2.12. The molecular formula is C12H12O2. The van der Waals surface area contributed by atoms with Crippen molar-refractivity contribution in [3.05, 3.63) is 35.4 Å². The third kappa shape index (κ3) is 1.48. The summed E-state index contributed by atoms with van der Waals surface area (Å²) in [6, 6.07) is 7.73. The molecule has 1 atom stereocenters. The lowest BCUT2D eigenvalue weighted by molar-refractivity contribution is -0.124. The monoisotopic (exact) mass is 188 g/mol. The number of benzene rings is 1. The zero-order valence-corrected chi connectivity index (χ0v) is 7.90. The number of hydrogen-bond donors (Lipinski definition) is 0. The number of aldehydes is 1. The number of hydrogen-bond acceptors (Lipinski definition) is 2. The predicted molar refractivity (Wildman–Crippen MR) is 53.2 cm³/mol. The van der Waals surface area contributed by atoms with Crippen molar-refractivity contribution in [2.45, 2.75) is 25.2 Å². The molecule has 14 heavy (non-hydrogen) atoms. The number of aryl methyl sites for hydroxylation is 1. The van der Waals surface area contributed by atoms with Gasteiger partial charge in [0, 0.05) is 6.42 Å². The minimum absolute atomic E-state index is 0.0601. The van der Waals surface area contributed by atoms with E-state index in [-0.39, 0.29) is 5.78 Å². The molecule has 2 heteroatoms. The molecule has 1 aromatic rings. The molecule has 0 fully saturated rings. The summed E-state index contributed by atoms with van der Waals surface area (Å²) in [7, 11) is 0. The Bertz CT molecular complexity index is 368. The topological polar surface area (TPSA) is 34.1 Å². The summed E-state index contributed by atoms with van der Waals surface area (Å²) in [5, 5.41) is 0. The third-order valence-corrected chi connectivity index (χ3v) is 2.74. The number of carbonyl (C=O) groups is 2. The molecule has 1 aromatic carbocycles. The van der Waals surface area contributed by atoms with Gasteiger partial charge in [-0.2, -0.15) is 0 Å². The van der Waals surface area contributed by atoms with Crippen molar-refractivity contribution in [3.63, 3.8) is 0 Å². The minimum Gasteiger partial charge on any atom is -0.302 e. The van der Waals surface area contributed by atoms with E-state index in [0.29, 0.717) is 6.42 Å². The standard InChI is InChI=1S/C12H12O2/c13-8-11-10-6-2-1-4-9(10)5-3-7-12(11)14/h1-2,4,6,8,11H,3,5,7H2. The van der Waals surface area contributed by atoms with E-state index in [4.69, 9.17) is 0 Å². The van der Waals surface area contributed by atoms with Crippen molar-refractivity contribution in [2.75, 3.05) is 0 Å². The van der Waals surface area contributed by atoms with Crippen molar-refractivity contribution in [1.29, 1.82) is 0 Å². The molecule has 0 saturated carbocycles. The second-order valence-electron chi connectivity index (χ2n) is 3.63. The van der Waals surface area contributed by atoms with Gasteiger partial charge < -0.3 is 4.79 Å². The van der Waals surface area contributed by atoms with Crippen LogP contribution in [0.5, 0.6) is 0 Å². The molecule has 0 aromatic heterocycles. The van der Waals surface area contributed by atoms with Gasteiger partial charge in [-0.1, -0.05) is 24.3 Å². The number of carbonyl (C=O) groups excluding carboxylic acids is 2. The van der Waals surface area contributed by atoms with Crippen molar-refractivity contribution in [2.24, 2.45) is 0 Å². The minimum atomic E-state index is -0.520. The van der Waals surface area contributed by atoms with E-state index in [9.17, 15) is 9.59 Å². The van der Waals surface area contributed by atoms with Gasteiger partial charge in [0.2, 0.25) is 0 Å². The summed E-state index contributed by atoms with van der Waals surface area (Å²) in [5.41, 5.74) is 2.06. The fourth-order valence-corrected chi connectivity index (χ4v) is 2.00. The average Bonchev–Trinajstić information content (AvgIpc) is 2.36. The van der Waals surface area contributed by atoms with E-state index < -0.39 is 5.92 Å². The zero-order chi connectivity index (χ0) is 9.97. The largest absolute Gasteiger partial charge is 0.302 e. The molecule has 0 bridgehead atoms. The first kappa shape index (κ1) is 9.13. The normalized spacial score (nSPS) is 21.1. The maximum atomic E-state index is 11.6. The summed E-state index contributed by atoms with van der Waals surface area (Å²) >= 11 is 0. The van der Waals surface area contributed by atoms with Crippen LogP contribution in [0.15, 0.2) is 24.3 Å². The van der Waals surface area contributed by atoms with Gasteiger partial charge in [0.25, 0.3) is 0 Å². The molecule has 72 valence electrons. The van der Waals surface area contributed by atoms with Crippen LogP contribution < -0.4 is 0 Å². The van der Waals surface area contributed by atoms with Crippen LogP contribution in [0.1, 0.15) is 29.9 Å². The maximum Gasteiger partial charge on any atom is 0.147 e. The smallest absolute Gasteiger partial charge is 0.147 e. The quantitative estimate of drug-likeness (QED) is 0.383. The Balaban J connectivity index is 2.49. The van der Waals surface area contributed by atoms with Crippen LogP contribution in [0.2, 0.25) is 0 Å². The lowest BCUT2D eigenvalue weighted by Gasteiger charge is -2.09. The highest BCUT2D eigenvalue weighted by Crippen LogP contribution is 2.26. The summed E-state index contributed by atoms with van der Waals surface area (Å²) < 4.78 is 0. The molecule has 0 heterocycles. The Kier molecular flexibility index (Phi) is 2.44. The SMILES string of the molecule is O=CC1C(=O)CCCc2ccccc21. The Morgan fingerprint density at radius 3 is 2.79 bits per heavy atom. The first-order valence-electron chi connectivity index (χ1n) is 4.88. The number of Topliss-reactive ketones (excluding diaryl/α,β-unsaturated/α-hetero) is 1. The van der Waals surface area contributed by atoms with E-state index in [1.165, 1.54) is 0 Å². The zero-order valence-electron chi connectivity index (χ0n) is 7.90. The summed E-state index contributed by atoms with van der Waals surface area (Å²) in [6.45, 7) is 0. The molecule has 0 saturated heterocycles. The summed E-state index contributed by atoms with van der Waals surface area (Å²) in [6.07, 6.45) is 3.07. The van der Waals surface area contributed by atoms with Gasteiger partial charge in [0.15, 0.2) is 0 Å². The van der Waals surface area contributed by atoms with Crippen molar-refractivity contribution < 1.29 is 9.59 Å². The van der Waals surface area contributed by atoms with Crippen LogP contribution in [0.3, 0.4) is 0 Å². The number of rotatable bonds is 1. The van der Waals surface area contributed by atoms with Crippen molar-refractivity contribution >= 4 is 12.1 Å². The maximum absolute atomic E-state index is 11.6. The van der Waals surface area contributed by atoms with Crippen molar-refractivity contribution in [3.8, 4) is 0 Å². The van der Waals surface area contributed by atoms with Crippen LogP contribution in [-0.4, -0.2) is 12.1 Å². The molecule has 1 unspecified atom stereocenters. The third-order valence-electron chi connectivity index (χ3n) is 2.74. The van der Waals surface area contributed by atoms with Crippen LogP contribution >= 0.6 is 0 Å². The Labute approximate surface area is 82.9 Å². The summed E-state index contributed by atoms with van der Waals surface area (Å²) in [4.78, 5) is 22.4. The fraction of sp³-hybridized carbons (Fsp3) is 0.333. The molecule has 1 aliphatic rings. The second kappa shape index (κ2) is 3.74. The van der Waals surface area contributed by atoms with E-state index in [2.05, 4.69) is 0 Å². The van der Waals surface area contributed by atoms with E-state index >= 15 is 0 Å². The van der Waals surface area contributed by atoms with E-state index in [0.717, 1.165) is 30.3 Å². The fourth-order valence-electron chi connectivity index (χ4n) is 2.00. The Morgan fingerprint density at radius 2 is 2.00 bits per heavy atom. The molecule has 0 spiro atoms. The Hall–Kier alpha value is -1.44. The highest BCUT2D eigenvalue weighted by molar-refractivity contribution is 5.99.